The maximum absolute atomic E-state index is 13.2. The highest BCUT2D eigenvalue weighted by atomic mass is 35.5. The van der Waals surface area contributed by atoms with Crippen LogP contribution in [0.2, 0.25) is 10.0 Å². The molecule has 3 aromatic rings. The lowest BCUT2D eigenvalue weighted by atomic mass is 10.2. The fourth-order valence-electron chi connectivity index (χ4n) is 3.23. The van der Waals surface area contributed by atoms with E-state index in [1.807, 2.05) is 56.3 Å². The third-order valence-corrected chi connectivity index (χ3v) is 6.95. The molecule has 1 aromatic heterocycles. The van der Waals surface area contributed by atoms with Crippen LogP contribution in [-0.2, 0) is 4.79 Å². The minimum absolute atomic E-state index is 0.0356. The molecule has 32 heavy (non-hydrogen) atoms. The van der Waals surface area contributed by atoms with Crippen molar-refractivity contribution in [2.45, 2.75) is 33.2 Å². The van der Waals surface area contributed by atoms with E-state index in [1.165, 1.54) is 17.3 Å². The van der Waals surface area contributed by atoms with Crippen LogP contribution < -0.4 is 0 Å². The molecule has 2 aromatic carbocycles. The summed E-state index contributed by atoms with van der Waals surface area (Å²) >= 11 is 13.5. The van der Waals surface area contributed by atoms with Gasteiger partial charge in [0.15, 0.2) is 5.17 Å². The van der Waals surface area contributed by atoms with E-state index >= 15 is 0 Å². The van der Waals surface area contributed by atoms with Crippen LogP contribution >= 0.6 is 35.0 Å². The molecule has 1 fully saturated rings. The molecule has 4 rings (SSSR count). The molecule has 164 valence electrons. The van der Waals surface area contributed by atoms with E-state index in [2.05, 4.69) is 6.92 Å². The smallest absolute Gasteiger partial charge is 0.267 e. The van der Waals surface area contributed by atoms with Crippen molar-refractivity contribution in [2.75, 3.05) is 0 Å². The monoisotopic (exact) mass is 484 g/mol. The van der Waals surface area contributed by atoms with Gasteiger partial charge in [-0.2, -0.15) is 0 Å². The van der Waals surface area contributed by atoms with E-state index in [9.17, 15) is 4.79 Å². The SMILES string of the molecule is CC[C@@H](C)N1C(=O)/C(=C\c2ccc(-c3ccc(Cl)c(Cl)c3)o2)SC1=Nc1ccc(C)cc1. The summed E-state index contributed by atoms with van der Waals surface area (Å²) in [5.74, 6) is 1.17. The van der Waals surface area contributed by atoms with Gasteiger partial charge in [-0.1, -0.05) is 47.8 Å². The largest absolute Gasteiger partial charge is 0.457 e. The van der Waals surface area contributed by atoms with E-state index in [4.69, 9.17) is 32.6 Å². The second kappa shape index (κ2) is 9.57. The summed E-state index contributed by atoms with van der Waals surface area (Å²) in [7, 11) is 0. The van der Waals surface area contributed by atoms with Gasteiger partial charge in [0.25, 0.3) is 5.91 Å². The number of carbonyl (C=O) groups is 1. The number of carbonyl (C=O) groups excluding carboxylic acids is 1. The number of benzene rings is 2. The van der Waals surface area contributed by atoms with Gasteiger partial charge in [0.2, 0.25) is 0 Å². The third kappa shape index (κ3) is 4.80. The lowest BCUT2D eigenvalue weighted by molar-refractivity contribution is -0.123. The van der Waals surface area contributed by atoms with Gasteiger partial charge in [-0.15, -0.1) is 0 Å². The summed E-state index contributed by atoms with van der Waals surface area (Å²) in [6, 6.07) is 17.0. The van der Waals surface area contributed by atoms with E-state index in [0.29, 0.717) is 31.6 Å². The van der Waals surface area contributed by atoms with Gasteiger partial charge in [0, 0.05) is 17.7 Å². The standard InChI is InChI=1S/C25H22Cl2N2O2S/c1-4-16(3)29-24(30)23(32-25(29)28-18-8-5-15(2)6-9-18)14-19-10-12-22(31-19)17-7-11-20(26)21(27)13-17/h5-14,16H,4H2,1-3H3/b23-14+,28-25?/t16-/m1/s1. The van der Waals surface area contributed by atoms with Crippen molar-refractivity contribution in [3.05, 3.63) is 80.9 Å². The summed E-state index contributed by atoms with van der Waals surface area (Å²) < 4.78 is 5.96. The van der Waals surface area contributed by atoms with Crippen LogP contribution in [0.3, 0.4) is 0 Å². The molecule has 1 aliphatic rings. The number of hydrogen-bond acceptors (Lipinski definition) is 4. The third-order valence-electron chi connectivity index (χ3n) is 5.23. The van der Waals surface area contributed by atoms with Crippen molar-refractivity contribution in [1.82, 2.24) is 4.90 Å². The van der Waals surface area contributed by atoms with E-state index in [-0.39, 0.29) is 11.9 Å². The van der Waals surface area contributed by atoms with Crippen LogP contribution in [0.15, 0.2) is 68.9 Å². The highest BCUT2D eigenvalue weighted by Gasteiger charge is 2.36. The van der Waals surface area contributed by atoms with Crippen LogP contribution in [0.5, 0.6) is 0 Å². The lowest BCUT2D eigenvalue weighted by Gasteiger charge is -2.22. The number of thioether (sulfide) groups is 1. The summed E-state index contributed by atoms with van der Waals surface area (Å²) in [6.45, 7) is 6.12. The Morgan fingerprint density at radius 1 is 1.09 bits per heavy atom. The van der Waals surface area contributed by atoms with Crippen LogP contribution in [-0.4, -0.2) is 22.0 Å². The molecule has 7 heteroatoms. The number of nitrogens with zero attached hydrogens (tertiary/aromatic N) is 2. The lowest BCUT2D eigenvalue weighted by Crippen LogP contribution is -2.36. The van der Waals surface area contributed by atoms with Crippen LogP contribution in [0.25, 0.3) is 17.4 Å². The minimum Gasteiger partial charge on any atom is -0.457 e. The van der Waals surface area contributed by atoms with Gasteiger partial charge in [-0.05, 0) is 74.5 Å². The number of furan rings is 1. The first-order valence-electron chi connectivity index (χ1n) is 10.3. The first-order valence-corrected chi connectivity index (χ1v) is 11.9. The Labute approximate surface area is 201 Å². The maximum Gasteiger partial charge on any atom is 0.267 e. The van der Waals surface area contributed by atoms with Gasteiger partial charge in [0.1, 0.15) is 11.5 Å². The normalized spacial score (nSPS) is 17.5. The zero-order valence-electron chi connectivity index (χ0n) is 17.9. The Hall–Kier alpha value is -2.47. The fourth-order valence-corrected chi connectivity index (χ4v) is 4.60. The van der Waals surface area contributed by atoms with Gasteiger partial charge in [-0.3, -0.25) is 9.69 Å². The summed E-state index contributed by atoms with van der Waals surface area (Å²) in [4.78, 5) is 20.3. The molecule has 1 aliphatic heterocycles. The van der Waals surface area contributed by atoms with Gasteiger partial charge >= 0.3 is 0 Å². The molecular weight excluding hydrogens is 463 g/mol. The number of aliphatic imine (C=N–C) groups is 1. The van der Waals surface area contributed by atoms with Gasteiger partial charge < -0.3 is 4.42 Å². The summed E-state index contributed by atoms with van der Waals surface area (Å²) in [5, 5.41) is 1.63. The van der Waals surface area contributed by atoms with Crippen molar-refractivity contribution in [1.29, 1.82) is 0 Å². The molecule has 1 atom stereocenters. The molecule has 0 aliphatic carbocycles. The zero-order valence-corrected chi connectivity index (χ0v) is 20.3. The van der Waals surface area contributed by atoms with Gasteiger partial charge in [-0.25, -0.2) is 4.99 Å². The average Bonchev–Trinajstić information content (AvgIpc) is 3.36. The second-order valence-corrected chi connectivity index (χ2v) is 9.43. The molecule has 0 spiro atoms. The van der Waals surface area contributed by atoms with Crippen molar-refractivity contribution in [3.63, 3.8) is 0 Å². The number of rotatable bonds is 5. The molecule has 1 amide bonds. The first-order chi connectivity index (χ1) is 15.4. The van der Waals surface area contributed by atoms with Crippen LogP contribution in [0, 0.1) is 6.92 Å². The summed E-state index contributed by atoms with van der Waals surface area (Å²) in [5.41, 5.74) is 2.80. The number of halogens is 2. The molecule has 0 saturated carbocycles. The topological polar surface area (TPSA) is 45.8 Å². The zero-order chi connectivity index (χ0) is 22.8. The van der Waals surface area contributed by atoms with Crippen molar-refractivity contribution >= 4 is 57.8 Å². The average molecular weight is 485 g/mol. The second-order valence-electron chi connectivity index (χ2n) is 7.60. The van der Waals surface area contributed by atoms with E-state index in [0.717, 1.165) is 17.7 Å². The van der Waals surface area contributed by atoms with Crippen molar-refractivity contribution in [2.24, 2.45) is 4.99 Å². The predicted octanol–water partition coefficient (Wildman–Crippen LogP) is 7.96. The Bertz CT molecular complexity index is 1210. The molecular formula is C25H22Cl2N2O2S. The molecule has 2 heterocycles. The fraction of sp³-hybridized carbons (Fsp3) is 0.200. The highest BCUT2D eigenvalue weighted by Crippen LogP contribution is 2.37. The van der Waals surface area contributed by atoms with E-state index in [1.54, 1.807) is 23.1 Å². The first kappa shape index (κ1) is 22.7. The van der Waals surface area contributed by atoms with Crippen LogP contribution in [0.4, 0.5) is 5.69 Å². The van der Waals surface area contributed by atoms with Crippen molar-refractivity contribution < 1.29 is 9.21 Å². The molecule has 0 radical (unpaired) electrons. The number of amides is 1. The molecule has 0 N–H and O–H groups in total. The van der Waals surface area contributed by atoms with E-state index < -0.39 is 0 Å². The van der Waals surface area contributed by atoms with Crippen molar-refractivity contribution in [3.8, 4) is 11.3 Å². The van der Waals surface area contributed by atoms with Crippen LogP contribution in [0.1, 0.15) is 31.6 Å². The minimum atomic E-state index is -0.0669. The summed E-state index contributed by atoms with van der Waals surface area (Å²) in [6.07, 6.45) is 2.59. The Kier molecular flexibility index (Phi) is 6.79. The van der Waals surface area contributed by atoms with Gasteiger partial charge in [0.05, 0.1) is 20.6 Å². The molecule has 0 bridgehead atoms. The Balaban J connectivity index is 1.65. The Morgan fingerprint density at radius 2 is 1.84 bits per heavy atom. The quantitative estimate of drug-likeness (QED) is 0.345. The highest BCUT2D eigenvalue weighted by molar-refractivity contribution is 8.18. The number of hydrogen-bond donors (Lipinski definition) is 0. The predicted molar refractivity (Wildman–Crippen MR) is 135 cm³/mol. The number of aryl methyl sites for hydroxylation is 1. The maximum atomic E-state index is 13.2. The number of amidine groups is 1. The Morgan fingerprint density at radius 3 is 2.53 bits per heavy atom. The molecule has 1 saturated heterocycles. The molecule has 0 unspecified atom stereocenters. The molecule has 4 nitrogen and oxygen atoms in total.